The van der Waals surface area contributed by atoms with Crippen molar-refractivity contribution in [3.63, 3.8) is 0 Å². The summed E-state index contributed by atoms with van der Waals surface area (Å²) in [5.74, 6) is 1.52. The molecule has 26 heavy (non-hydrogen) atoms. The lowest BCUT2D eigenvalue weighted by Gasteiger charge is -2.13. The first-order valence-corrected chi connectivity index (χ1v) is 9.07. The molecule has 1 saturated carbocycles. The van der Waals surface area contributed by atoms with Crippen LogP contribution in [0.3, 0.4) is 0 Å². The molecule has 3 aromatic rings. The Balaban J connectivity index is 1.78. The smallest absolute Gasteiger partial charge is 0.329 e. The standard InChI is InChI=1S/C20H24N4O2/c1-13-8-9-15(26-3)10-16(13)22-19-11-17-18(12-21-19)23(2)20(25)24(17)14-6-4-5-7-14/h8-12,14H,4-7H2,1-3H3,(H,21,22). The molecular weight excluding hydrogens is 328 g/mol. The molecule has 0 unspecified atom stereocenters. The second kappa shape index (κ2) is 6.52. The van der Waals surface area contributed by atoms with Gasteiger partial charge in [-0.3, -0.25) is 9.13 Å². The van der Waals surface area contributed by atoms with Crippen molar-refractivity contribution in [3.8, 4) is 5.75 Å². The Kier molecular flexibility index (Phi) is 4.18. The largest absolute Gasteiger partial charge is 0.497 e. The predicted octanol–water partition coefficient (Wildman–Crippen LogP) is 3.91. The van der Waals surface area contributed by atoms with Gasteiger partial charge in [0.15, 0.2) is 0 Å². The number of rotatable bonds is 4. The first kappa shape index (κ1) is 16.7. The van der Waals surface area contributed by atoms with E-state index in [9.17, 15) is 4.79 Å². The van der Waals surface area contributed by atoms with Crippen LogP contribution >= 0.6 is 0 Å². The van der Waals surface area contributed by atoms with Crippen molar-refractivity contribution >= 4 is 22.5 Å². The first-order valence-electron chi connectivity index (χ1n) is 9.07. The van der Waals surface area contributed by atoms with Crippen LogP contribution in [0.15, 0.2) is 35.3 Å². The van der Waals surface area contributed by atoms with Gasteiger partial charge in [0, 0.05) is 30.9 Å². The third-order valence-corrected chi connectivity index (χ3v) is 5.37. The maximum Gasteiger partial charge on any atom is 0.329 e. The number of pyridine rings is 1. The Hall–Kier alpha value is -2.76. The highest BCUT2D eigenvalue weighted by atomic mass is 16.5. The SMILES string of the molecule is COc1ccc(C)c(Nc2cc3c(cn2)n(C)c(=O)n3C2CCCC2)c1. The Morgan fingerprint density at radius 3 is 2.69 bits per heavy atom. The molecule has 0 spiro atoms. The van der Waals surface area contributed by atoms with Crippen LogP contribution in [-0.4, -0.2) is 21.2 Å². The number of benzene rings is 1. The average molecular weight is 352 g/mol. The molecule has 6 heteroatoms. The van der Waals surface area contributed by atoms with E-state index in [1.165, 1.54) is 12.8 Å². The van der Waals surface area contributed by atoms with E-state index < -0.39 is 0 Å². The fourth-order valence-electron chi connectivity index (χ4n) is 3.84. The van der Waals surface area contributed by atoms with Gasteiger partial charge in [-0.05, 0) is 31.4 Å². The lowest BCUT2D eigenvalue weighted by molar-refractivity contribution is 0.415. The third-order valence-electron chi connectivity index (χ3n) is 5.37. The van der Waals surface area contributed by atoms with Crippen molar-refractivity contribution < 1.29 is 4.74 Å². The molecule has 1 aromatic carbocycles. The molecular formula is C20H24N4O2. The molecule has 2 aromatic heterocycles. The number of nitrogens with zero attached hydrogens (tertiary/aromatic N) is 3. The molecule has 1 aliphatic rings. The van der Waals surface area contributed by atoms with Crippen LogP contribution in [0.5, 0.6) is 5.75 Å². The van der Waals surface area contributed by atoms with Gasteiger partial charge in [-0.2, -0.15) is 0 Å². The van der Waals surface area contributed by atoms with Crippen molar-refractivity contribution in [1.82, 2.24) is 14.1 Å². The van der Waals surface area contributed by atoms with Crippen LogP contribution in [0.25, 0.3) is 11.0 Å². The van der Waals surface area contributed by atoms with Gasteiger partial charge in [-0.25, -0.2) is 9.78 Å². The zero-order valence-electron chi connectivity index (χ0n) is 15.5. The number of anilines is 2. The number of hydrogen-bond donors (Lipinski definition) is 1. The van der Waals surface area contributed by atoms with Gasteiger partial charge in [0.05, 0.1) is 24.3 Å². The highest BCUT2D eigenvalue weighted by Crippen LogP contribution is 2.32. The fraction of sp³-hybridized carbons (Fsp3) is 0.400. The number of aromatic nitrogens is 3. The number of fused-ring (bicyclic) bond motifs is 1. The van der Waals surface area contributed by atoms with E-state index in [1.54, 1.807) is 17.9 Å². The molecule has 0 bridgehead atoms. The van der Waals surface area contributed by atoms with Crippen LogP contribution in [0.4, 0.5) is 11.5 Å². The van der Waals surface area contributed by atoms with Crippen LogP contribution in [0.2, 0.25) is 0 Å². The van der Waals surface area contributed by atoms with Crippen LogP contribution in [-0.2, 0) is 7.05 Å². The van der Waals surface area contributed by atoms with Gasteiger partial charge in [-0.1, -0.05) is 18.9 Å². The van der Waals surface area contributed by atoms with E-state index in [0.29, 0.717) is 6.04 Å². The normalized spacial score (nSPS) is 14.9. The first-order chi connectivity index (χ1) is 12.6. The maximum absolute atomic E-state index is 12.7. The molecule has 6 nitrogen and oxygen atoms in total. The lowest BCUT2D eigenvalue weighted by atomic mass is 10.2. The van der Waals surface area contributed by atoms with Crippen molar-refractivity contribution in [3.05, 3.63) is 46.5 Å². The summed E-state index contributed by atoms with van der Waals surface area (Å²) in [6, 6.07) is 8.17. The molecule has 0 aliphatic heterocycles. The average Bonchev–Trinajstić information content (AvgIpc) is 3.24. The molecule has 4 rings (SSSR count). The highest BCUT2D eigenvalue weighted by Gasteiger charge is 2.23. The lowest BCUT2D eigenvalue weighted by Crippen LogP contribution is -2.24. The number of aryl methyl sites for hydroxylation is 2. The second-order valence-electron chi connectivity index (χ2n) is 7.01. The van der Waals surface area contributed by atoms with E-state index >= 15 is 0 Å². The summed E-state index contributed by atoms with van der Waals surface area (Å²) < 4.78 is 8.96. The summed E-state index contributed by atoms with van der Waals surface area (Å²) in [5.41, 5.74) is 3.91. The zero-order chi connectivity index (χ0) is 18.3. The van der Waals surface area contributed by atoms with Crippen LogP contribution in [0, 0.1) is 6.92 Å². The fourth-order valence-corrected chi connectivity index (χ4v) is 3.84. The number of hydrogen-bond acceptors (Lipinski definition) is 4. The van der Waals surface area contributed by atoms with E-state index in [1.807, 2.05) is 42.8 Å². The summed E-state index contributed by atoms with van der Waals surface area (Å²) >= 11 is 0. The summed E-state index contributed by atoms with van der Waals surface area (Å²) in [5, 5.41) is 3.37. The number of ether oxygens (including phenoxy) is 1. The molecule has 2 heterocycles. The Morgan fingerprint density at radius 1 is 1.19 bits per heavy atom. The van der Waals surface area contributed by atoms with Gasteiger partial charge in [0.25, 0.3) is 0 Å². The Bertz CT molecular complexity index is 1010. The van der Waals surface area contributed by atoms with Crippen molar-refractivity contribution in [2.45, 2.75) is 38.6 Å². The molecule has 1 fully saturated rings. The Morgan fingerprint density at radius 2 is 1.96 bits per heavy atom. The number of imidazole rings is 1. The van der Waals surface area contributed by atoms with Crippen molar-refractivity contribution in [2.75, 3.05) is 12.4 Å². The second-order valence-corrected chi connectivity index (χ2v) is 7.01. The van der Waals surface area contributed by atoms with Gasteiger partial charge >= 0.3 is 5.69 Å². The molecule has 1 N–H and O–H groups in total. The third kappa shape index (κ3) is 2.75. The molecule has 0 saturated heterocycles. The molecule has 0 radical (unpaired) electrons. The van der Waals surface area contributed by atoms with Crippen molar-refractivity contribution in [1.29, 1.82) is 0 Å². The van der Waals surface area contributed by atoms with E-state index in [4.69, 9.17) is 4.74 Å². The highest BCUT2D eigenvalue weighted by molar-refractivity contribution is 5.79. The van der Waals surface area contributed by atoms with Gasteiger partial charge < -0.3 is 10.1 Å². The zero-order valence-corrected chi connectivity index (χ0v) is 15.5. The summed E-state index contributed by atoms with van der Waals surface area (Å²) in [4.78, 5) is 17.3. The predicted molar refractivity (Wildman–Crippen MR) is 103 cm³/mol. The molecule has 0 atom stereocenters. The van der Waals surface area contributed by atoms with E-state index in [0.717, 1.165) is 46.7 Å². The summed E-state index contributed by atoms with van der Waals surface area (Å²) in [6.07, 6.45) is 6.29. The minimum atomic E-state index is 0.0448. The summed E-state index contributed by atoms with van der Waals surface area (Å²) in [7, 11) is 3.47. The maximum atomic E-state index is 12.7. The number of nitrogens with one attached hydrogen (secondary N) is 1. The van der Waals surface area contributed by atoms with Crippen molar-refractivity contribution in [2.24, 2.45) is 7.05 Å². The minimum absolute atomic E-state index is 0.0448. The minimum Gasteiger partial charge on any atom is -0.497 e. The van der Waals surface area contributed by atoms with E-state index in [-0.39, 0.29) is 5.69 Å². The molecule has 0 amide bonds. The van der Waals surface area contributed by atoms with Gasteiger partial charge in [-0.15, -0.1) is 0 Å². The quantitative estimate of drug-likeness (QED) is 0.773. The topological polar surface area (TPSA) is 61.1 Å². The Labute approximate surface area is 152 Å². The molecule has 136 valence electrons. The monoisotopic (exact) mass is 352 g/mol. The van der Waals surface area contributed by atoms with E-state index in [2.05, 4.69) is 10.3 Å². The van der Waals surface area contributed by atoms with Gasteiger partial charge in [0.1, 0.15) is 11.6 Å². The van der Waals surface area contributed by atoms with Crippen LogP contribution in [0.1, 0.15) is 37.3 Å². The van der Waals surface area contributed by atoms with Gasteiger partial charge in [0.2, 0.25) is 0 Å². The van der Waals surface area contributed by atoms with Crippen LogP contribution < -0.4 is 15.7 Å². The number of methoxy groups -OCH3 is 1. The molecule has 1 aliphatic carbocycles. The summed E-state index contributed by atoms with van der Waals surface area (Å²) in [6.45, 7) is 2.04.